The highest BCUT2D eigenvalue weighted by Gasteiger charge is 2.10. The van der Waals surface area contributed by atoms with E-state index >= 15 is 0 Å². The summed E-state index contributed by atoms with van der Waals surface area (Å²) in [5, 5.41) is 0. The van der Waals surface area contributed by atoms with Crippen molar-refractivity contribution >= 4 is 6.08 Å². The van der Waals surface area contributed by atoms with Crippen LogP contribution in [-0.2, 0) is 19.6 Å². The lowest BCUT2D eigenvalue weighted by Crippen LogP contribution is -2.22. The molecule has 0 aliphatic heterocycles. The van der Waals surface area contributed by atoms with Crippen molar-refractivity contribution in [2.75, 3.05) is 0 Å². The summed E-state index contributed by atoms with van der Waals surface area (Å²) in [6, 6.07) is 29.8. The lowest BCUT2D eigenvalue weighted by Gasteiger charge is -2.23. The first-order chi connectivity index (χ1) is 11.8. The Kier molecular flexibility index (Phi) is 5.60. The van der Waals surface area contributed by atoms with Gasteiger partial charge in [-0.25, -0.2) is 0 Å². The molecule has 0 heterocycles. The van der Waals surface area contributed by atoms with Gasteiger partial charge in [-0.15, -0.1) is 0 Å². The van der Waals surface area contributed by atoms with E-state index in [0.717, 1.165) is 19.6 Å². The Morgan fingerprint density at radius 1 is 0.625 bits per heavy atom. The van der Waals surface area contributed by atoms with Gasteiger partial charge in [-0.2, -0.15) is 0 Å². The Balaban J connectivity index is 1.82. The minimum atomic E-state index is 0.909. The molecule has 0 saturated heterocycles. The molecule has 120 valence electrons. The minimum Gasteiger partial charge on any atom is -0.291 e. The highest BCUT2D eigenvalue weighted by atomic mass is 15.1. The van der Waals surface area contributed by atoms with Gasteiger partial charge in [0.05, 0.1) is 0 Å². The van der Waals surface area contributed by atoms with Crippen LogP contribution in [0, 0.1) is 0 Å². The standard InChI is InChI=1S/C23H23N/c1-2-22-15-9-10-16-23(22)19-24(17-20-11-5-3-6-12-20)18-21-13-7-4-8-14-21/h2-16H,1,17-19H2. The van der Waals surface area contributed by atoms with Crippen LogP contribution in [-0.4, -0.2) is 4.90 Å². The SMILES string of the molecule is C=Cc1ccccc1CN(Cc1ccccc1)Cc1ccccc1. The van der Waals surface area contributed by atoms with Crippen molar-refractivity contribution in [3.63, 3.8) is 0 Å². The Morgan fingerprint density at radius 2 is 1.12 bits per heavy atom. The lowest BCUT2D eigenvalue weighted by molar-refractivity contribution is 0.247. The summed E-state index contributed by atoms with van der Waals surface area (Å²) in [4.78, 5) is 2.48. The monoisotopic (exact) mass is 313 g/mol. The Morgan fingerprint density at radius 3 is 1.67 bits per heavy atom. The van der Waals surface area contributed by atoms with Gasteiger partial charge in [0, 0.05) is 19.6 Å². The van der Waals surface area contributed by atoms with Crippen LogP contribution >= 0.6 is 0 Å². The second kappa shape index (κ2) is 8.28. The predicted octanol–water partition coefficient (Wildman–Crippen LogP) is 5.53. The molecule has 0 spiro atoms. The van der Waals surface area contributed by atoms with Crippen LogP contribution in [0.1, 0.15) is 22.3 Å². The molecule has 0 saturated carbocycles. The van der Waals surface area contributed by atoms with Gasteiger partial charge in [0.25, 0.3) is 0 Å². The number of hydrogen-bond donors (Lipinski definition) is 0. The van der Waals surface area contributed by atoms with Crippen molar-refractivity contribution in [1.29, 1.82) is 0 Å². The number of benzene rings is 3. The van der Waals surface area contributed by atoms with E-state index in [0.29, 0.717) is 0 Å². The fourth-order valence-electron chi connectivity index (χ4n) is 2.97. The average Bonchev–Trinajstić information content (AvgIpc) is 2.64. The fourth-order valence-corrected chi connectivity index (χ4v) is 2.97. The molecule has 0 N–H and O–H groups in total. The molecule has 0 aromatic heterocycles. The van der Waals surface area contributed by atoms with E-state index in [1.807, 2.05) is 6.08 Å². The molecule has 3 rings (SSSR count). The van der Waals surface area contributed by atoms with Gasteiger partial charge in [-0.3, -0.25) is 4.90 Å². The molecule has 0 unspecified atom stereocenters. The molecule has 0 atom stereocenters. The summed E-state index contributed by atoms with van der Waals surface area (Å²) in [6.45, 7) is 6.72. The normalized spacial score (nSPS) is 10.7. The van der Waals surface area contributed by atoms with E-state index in [2.05, 4.69) is 96.4 Å². The molecule has 0 fully saturated rings. The molecule has 3 aromatic carbocycles. The van der Waals surface area contributed by atoms with Crippen molar-refractivity contribution in [2.24, 2.45) is 0 Å². The van der Waals surface area contributed by atoms with E-state index in [4.69, 9.17) is 0 Å². The maximum atomic E-state index is 3.95. The van der Waals surface area contributed by atoms with Gasteiger partial charge in [-0.05, 0) is 22.3 Å². The Hall–Kier alpha value is -2.64. The maximum Gasteiger partial charge on any atom is 0.0246 e. The van der Waals surface area contributed by atoms with E-state index < -0.39 is 0 Å². The summed E-state index contributed by atoms with van der Waals surface area (Å²) in [5.74, 6) is 0. The highest BCUT2D eigenvalue weighted by Crippen LogP contribution is 2.17. The zero-order chi connectivity index (χ0) is 16.6. The molecule has 0 amide bonds. The van der Waals surface area contributed by atoms with Crippen molar-refractivity contribution in [3.05, 3.63) is 114 Å². The molecule has 1 nitrogen and oxygen atoms in total. The minimum absolute atomic E-state index is 0.909. The third kappa shape index (κ3) is 4.43. The third-order valence-electron chi connectivity index (χ3n) is 4.17. The summed E-state index contributed by atoms with van der Waals surface area (Å²) in [5.41, 5.74) is 5.21. The van der Waals surface area contributed by atoms with Crippen LogP contribution in [0.3, 0.4) is 0 Å². The van der Waals surface area contributed by atoms with Gasteiger partial charge >= 0.3 is 0 Å². The fraction of sp³-hybridized carbons (Fsp3) is 0.130. The molecular weight excluding hydrogens is 290 g/mol. The van der Waals surface area contributed by atoms with Crippen LogP contribution in [0.5, 0.6) is 0 Å². The molecular formula is C23H23N. The van der Waals surface area contributed by atoms with Crippen LogP contribution in [0.15, 0.2) is 91.5 Å². The average molecular weight is 313 g/mol. The van der Waals surface area contributed by atoms with Crippen LogP contribution in [0.4, 0.5) is 0 Å². The summed E-state index contributed by atoms with van der Waals surface area (Å²) in [7, 11) is 0. The zero-order valence-electron chi connectivity index (χ0n) is 13.9. The van der Waals surface area contributed by atoms with Gasteiger partial charge in [0.2, 0.25) is 0 Å². The van der Waals surface area contributed by atoms with E-state index in [-0.39, 0.29) is 0 Å². The molecule has 3 aromatic rings. The predicted molar refractivity (Wildman–Crippen MR) is 102 cm³/mol. The van der Waals surface area contributed by atoms with Crippen molar-refractivity contribution < 1.29 is 0 Å². The van der Waals surface area contributed by atoms with Gasteiger partial charge < -0.3 is 0 Å². The first-order valence-corrected chi connectivity index (χ1v) is 8.35. The van der Waals surface area contributed by atoms with Gasteiger partial charge in [0.1, 0.15) is 0 Å². The topological polar surface area (TPSA) is 3.24 Å². The third-order valence-corrected chi connectivity index (χ3v) is 4.17. The van der Waals surface area contributed by atoms with E-state index in [1.165, 1.54) is 22.3 Å². The highest BCUT2D eigenvalue weighted by molar-refractivity contribution is 5.51. The number of nitrogens with zero attached hydrogens (tertiary/aromatic N) is 1. The lowest BCUT2D eigenvalue weighted by atomic mass is 10.1. The van der Waals surface area contributed by atoms with Crippen LogP contribution in [0.25, 0.3) is 6.08 Å². The molecule has 0 bridgehead atoms. The molecule has 0 radical (unpaired) electrons. The Labute approximate surface area is 144 Å². The quantitative estimate of drug-likeness (QED) is 0.554. The second-order valence-electron chi connectivity index (χ2n) is 6.02. The van der Waals surface area contributed by atoms with Gasteiger partial charge in [0.15, 0.2) is 0 Å². The largest absolute Gasteiger partial charge is 0.291 e. The van der Waals surface area contributed by atoms with Crippen molar-refractivity contribution in [1.82, 2.24) is 4.90 Å². The summed E-state index contributed by atoms with van der Waals surface area (Å²) < 4.78 is 0. The molecule has 1 heteroatoms. The molecule has 24 heavy (non-hydrogen) atoms. The van der Waals surface area contributed by atoms with Crippen LogP contribution < -0.4 is 0 Å². The first kappa shape index (κ1) is 16.2. The number of hydrogen-bond acceptors (Lipinski definition) is 1. The maximum absolute atomic E-state index is 3.95. The van der Waals surface area contributed by atoms with Gasteiger partial charge in [-0.1, -0.05) is 97.6 Å². The summed E-state index contributed by atoms with van der Waals surface area (Å²) >= 11 is 0. The van der Waals surface area contributed by atoms with Crippen LogP contribution in [0.2, 0.25) is 0 Å². The molecule has 0 aliphatic rings. The van der Waals surface area contributed by atoms with Crippen molar-refractivity contribution in [2.45, 2.75) is 19.6 Å². The number of rotatable bonds is 7. The van der Waals surface area contributed by atoms with E-state index in [9.17, 15) is 0 Å². The zero-order valence-corrected chi connectivity index (χ0v) is 13.9. The van der Waals surface area contributed by atoms with E-state index in [1.54, 1.807) is 0 Å². The first-order valence-electron chi connectivity index (χ1n) is 8.35. The summed E-state index contributed by atoms with van der Waals surface area (Å²) in [6.07, 6.45) is 1.94. The smallest absolute Gasteiger partial charge is 0.0246 e. The Bertz CT molecular complexity index is 721. The van der Waals surface area contributed by atoms with Crippen molar-refractivity contribution in [3.8, 4) is 0 Å². The molecule has 0 aliphatic carbocycles. The second-order valence-corrected chi connectivity index (χ2v) is 6.02.